The highest BCUT2D eigenvalue weighted by Crippen LogP contribution is 2.59. The van der Waals surface area contributed by atoms with Gasteiger partial charge in [-0.05, 0) is 12.1 Å². The van der Waals surface area contributed by atoms with Crippen molar-refractivity contribution in [2.75, 3.05) is 13.2 Å². The molecular formula is C18H13ClF2N4OS. The van der Waals surface area contributed by atoms with Gasteiger partial charge in [-0.3, -0.25) is 10.0 Å². The van der Waals surface area contributed by atoms with E-state index in [4.69, 9.17) is 21.6 Å². The second kappa shape index (κ2) is 7.09. The lowest BCUT2D eigenvalue weighted by molar-refractivity contribution is 0.144. The van der Waals surface area contributed by atoms with Crippen molar-refractivity contribution >= 4 is 29.9 Å². The molecule has 0 aromatic heterocycles. The molecule has 2 aliphatic heterocycles. The second-order valence-electron chi connectivity index (χ2n) is 6.10. The van der Waals surface area contributed by atoms with Gasteiger partial charge in [-0.2, -0.15) is 5.26 Å². The Labute approximate surface area is 163 Å². The number of hydrogen-bond donors (Lipinski definition) is 0. The normalized spacial score (nSPS) is 24.2. The number of nitriles is 1. The zero-order chi connectivity index (χ0) is 19.0. The summed E-state index contributed by atoms with van der Waals surface area (Å²) < 4.78 is 35.7. The fourth-order valence-corrected chi connectivity index (χ4v) is 3.91. The Morgan fingerprint density at radius 3 is 2.89 bits per heavy atom. The minimum atomic E-state index is -1.08. The maximum atomic E-state index is 14.6. The summed E-state index contributed by atoms with van der Waals surface area (Å²) in [7, 11) is 0. The van der Waals surface area contributed by atoms with Crippen LogP contribution in [0.3, 0.4) is 0 Å². The highest BCUT2D eigenvalue weighted by Gasteiger charge is 2.61. The lowest BCUT2D eigenvalue weighted by atomic mass is 9.91. The van der Waals surface area contributed by atoms with E-state index in [-0.39, 0.29) is 12.1 Å². The molecule has 27 heavy (non-hydrogen) atoms. The number of hydrazine groups is 1. The van der Waals surface area contributed by atoms with E-state index in [9.17, 15) is 8.78 Å². The average Bonchev–Trinajstić information content (AvgIpc) is 3.18. The quantitative estimate of drug-likeness (QED) is 0.422. The van der Waals surface area contributed by atoms with E-state index >= 15 is 0 Å². The van der Waals surface area contributed by atoms with Gasteiger partial charge >= 0.3 is 0 Å². The second-order valence-corrected chi connectivity index (χ2v) is 7.30. The minimum Gasteiger partial charge on any atom is -0.354 e. The van der Waals surface area contributed by atoms with Gasteiger partial charge in [-0.1, -0.05) is 35.9 Å². The number of halogens is 3. The van der Waals surface area contributed by atoms with Crippen LogP contribution in [0.15, 0.2) is 47.5 Å². The minimum absolute atomic E-state index is 0.198. The Kier molecular flexibility index (Phi) is 4.78. The zero-order valence-corrected chi connectivity index (χ0v) is 15.4. The van der Waals surface area contributed by atoms with Gasteiger partial charge in [0.1, 0.15) is 36.3 Å². The molecule has 0 unspecified atom stereocenters. The van der Waals surface area contributed by atoms with Crippen LogP contribution < -0.4 is 0 Å². The van der Waals surface area contributed by atoms with Crippen molar-refractivity contribution in [2.45, 2.75) is 11.7 Å². The Hall–Kier alpha value is -2.18. The molecule has 0 aliphatic carbocycles. The molecule has 138 valence electrons. The predicted octanol–water partition coefficient (Wildman–Crippen LogP) is 4.23. The first-order valence-electron chi connectivity index (χ1n) is 8.03. The number of nitrogens with zero attached hydrogens (tertiary/aromatic N) is 4. The summed E-state index contributed by atoms with van der Waals surface area (Å²) in [4.78, 5) is 4.14. The third-order valence-corrected chi connectivity index (χ3v) is 5.48. The lowest BCUT2D eigenvalue weighted by Gasteiger charge is -2.27. The number of aliphatic imine (C=N–C) groups is 1. The molecule has 0 radical (unpaired) electrons. The van der Waals surface area contributed by atoms with Crippen molar-refractivity contribution in [1.82, 2.24) is 9.42 Å². The summed E-state index contributed by atoms with van der Waals surface area (Å²) in [5, 5.41) is 13.1. The van der Waals surface area contributed by atoms with Gasteiger partial charge < -0.3 is 4.74 Å². The van der Waals surface area contributed by atoms with E-state index < -0.39 is 23.3 Å². The van der Waals surface area contributed by atoms with Gasteiger partial charge in [0.05, 0.1) is 18.5 Å². The number of ether oxygens (including phenoxy) is 1. The largest absolute Gasteiger partial charge is 0.354 e. The van der Waals surface area contributed by atoms with Crippen LogP contribution in [-0.4, -0.2) is 29.0 Å². The molecular weight excluding hydrogens is 394 g/mol. The SMILES string of the molecule is N#CSN1CN=CN1C[C@@]1(c2ccc(F)cc2F)O[C@H]1c1ccccc1Cl. The van der Waals surface area contributed by atoms with E-state index in [2.05, 4.69) is 4.99 Å². The Bertz CT molecular complexity index is 953. The fourth-order valence-electron chi connectivity index (χ4n) is 3.25. The number of benzene rings is 2. The summed E-state index contributed by atoms with van der Waals surface area (Å²) in [5.41, 5.74) is -0.123. The molecule has 2 heterocycles. The summed E-state index contributed by atoms with van der Waals surface area (Å²) in [6.45, 7) is 0.501. The molecule has 5 nitrogen and oxygen atoms in total. The number of thiocyanates is 1. The summed E-state index contributed by atoms with van der Waals surface area (Å²) in [6.07, 6.45) is 1.06. The molecule has 2 aromatic carbocycles. The first-order chi connectivity index (χ1) is 13.0. The molecule has 2 aliphatic rings. The third kappa shape index (κ3) is 3.28. The summed E-state index contributed by atoms with van der Waals surface area (Å²) in [6, 6.07) is 10.6. The van der Waals surface area contributed by atoms with Crippen molar-refractivity contribution in [3.05, 3.63) is 70.2 Å². The van der Waals surface area contributed by atoms with Gasteiger partial charge in [-0.25, -0.2) is 8.78 Å². The first kappa shape index (κ1) is 18.2. The Morgan fingerprint density at radius 1 is 1.33 bits per heavy atom. The molecule has 4 rings (SSSR count). The van der Waals surface area contributed by atoms with Crippen LogP contribution in [-0.2, 0) is 10.3 Å². The third-order valence-electron chi connectivity index (χ3n) is 4.52. The van der Waals surface area contributed by atoms with E-state index in [0.717, 1.165) is 23.6 Å². The Balaban J connectivity index is 1.72. The van der Waals surface area contributed by atoms with Gasteiger partial charge in [-0.15, -0.1) is 4.41 Å². The summed E-state index contributed by atoms with van der Waals surface area (Å²) in [5.74, 6) is -1.36. The monoisotopic (exact) mass is 406 g/mol. The zero-order valence-electron chi connectivity index (χ0n) is 13.8. The van der Waals surface area contributed by atoms with Crippen LogP contribution in [0.25, 0.3) is 0 Å². The molecule has 9 heteroatoms. The highest BCUT2D eigenvalue weighted by atomic mass is 35.5. The maximum absolute atomic E-state index is 14.6. The average molecular weight is 407 g/mol. The number of epoxide rings is 1. The van der Waals surface area contributed by atoms with Crippen molar-refractivity contribution in [3.8, 4) is 5.40 Å². The number of hydrogen-bond acceptors (Lipinski definition) is 6. The molecule has 1 saturated heterocycles. The first-order valence-corrected chi connectivity index (χ1v) is 9.18. The lowest BCUT2D eigenvalue weighted by Crippen LogP contribution is -2.39. The van der Waals surface area contributed by atoms with Crippen LogP contribution in [0, 0.1) is 22.3 Å². The molecule has 0 saturated carbocycles. The van der Waals surface area contributed by atoms with Gasteiger partial charge in [0.2, 0.25) is 0 Å². The topological polar surface area (TPSA) is 55.2 Å². The van der Waals surface area contributed by atoms with Gasteiger partial charge in [0.25, 0.3) is 0 Å². The van der Waals surface area contributed by atoms with Crippen LogP contribution in [0.4, 0.5) is 8.78 Å². The Morgan fingerprint density at radius 2 is 2.15 bits per heavy atom. The molecule has 0 amide bonds. The predicted molar refractivity (Wildman–Crippen MR) is 98.4 cm³/mol. The van der Waals surface area contributed by atoms with Crippen LogP contribution in [0.2, 0.25) is 5.02 Å². The van der Waals surface area contributed by atoms with Crippen molar-refractivity contribution < 1.29 is 13.5 Å². The van der Waals surface area contributed by atoms with Crippen molar-refractivity contribution in [3.63, 3.8) is 0 Å². The number of rotatable bonds is 5. The van der Waals surface area contributed by atoms with E-state index in [1.54, 1.807) is 27.9 Å². The molecule has 2 aromatic rings. The summed E-state index contributed by atoms with van der Waals surface area (Å²) >= 11 is 7.22. The molecule has 0 spiro atoms. The molecule has 2 atom stereocenters. The van der Waals surface area contributed by atoms with E-state index in [1.807, 2.05) is 17.5 Å². The molecule has 0 bridgehead atoms. The van der Waals surface area contributed by atoms with Crippen molar-refractivity contribution in [2.24, 2.45) is 4.99 Å². The molecule has 0 N–H and O–H groups in total. The maximum Gasteiger partial charge on any atom is 0.151 e. The smallest absolute Gasteiger partial charge is 0.151 e. The van der Waals surface area contributed by atoms with Crippen LogP contribution in [0.5, 0.6) is 0 Å². The van der Waals surface area contributed by atoms with Crippen LogP contribution in [0.1, 0.15) is 17.2 Å². The standard InChI is InChI=1S/C18H13ClF2N4OS/c19-15-4-2-1-3-13(15)17-18(26-17,14-6-5-12(20)7-16(14)21)8-24-10-23-11-25(24)27-9-22/h1-7,10,17H,8,11H2/t17-,18-/m0/s1. The fraction of sp³-hybridized carbons (Fsp3) is 0.222. The molecule has 1 fully saturated rings. The highest BCUT2D eigenvalue weighted by molar-refractivity contribution is 8.01. The van der Waals surface area contributed by atoms with Gasteiger partial charge in [0.15, 0.2) is 5.40 Å². The van der Waals surface area contributed by atoms with E-state index in [1.165, 1.54) is 12.1 Å². The van der Waals surface area contributed by atoms with Gasteiger partial charge in [0, 0.05) is 22.2 Å². The van der Waals surface area contributed by atoms with Crippen molar-refractivity contribution in [1.29, 1.82) is 5.26 Å². The van der Waals surface area contributed by atoms with Crippen LogP contribution >= 0.6 is 23.5 Å². The van der Waals surface area contributed by atoms with E-state index in [0.29, 0.717) is 11.7 Å².